The topological polar surface area (TPSA) is 56.0 Å². The molecule has 0 N–H and O–H groups in total. The Bertz CT molecular complexity index is 2840. The Labute approximate surface area is 291 Å². The van der Waals surface area contributed by atoms with E-state index in [1.54, 1.807) is 11.3 Å². The predicted octanol–water partition coefficient (Wildman–Crippen LogP) is 11.4. The minimum absolute atomic E-state index is 0.630. The molecule has 234 valence electrons. The average molecular weight is 658 g/mol. The van der Waals surface area contributed by atoms with Crippen molar-refractivity contribution in [1.82, 2.24) is 24.3 Å². The van der Waals surface area contributed by atoms with E-state index in [-0.39, 0.29) is 0 Å². The first kappa shape index (κ1) is 28.5. The minimum Gasteiger partial charge on any atom is -0.291 e. The first-order chi connectivity index (χ1) is 24.8. The molecule has 0 bridgehead atoms. The van der Waals surface area contributed by atoms with Gasteiger partial charge in [0.05, 0.1) is 21.4 Å². The van der Waals surface area contributed by atoms with Crippen LogP contribution in [0.1, 0.15) is 0 Å². The number of hydrogen-bond donors (Lipinski definition) is 0. The van der Waals surface area contributed by atoms with Crippen LogP contribution in [0.2, 0.25) is 0 Å². The van der Waals surface area contributed by atoms with Gasteiger partial charge in [-0.2, -0.15) is 0 Å². The lowest BCUT2D eigenvalue weighted by atomic mass is 10.0. The number of imidazole rings is 1. The largest absolute Gasteiger partial charge is 0.291 e. The summed E-state index contributed by atoms with van der Waals surface area (Å²) in [4.78, 5) is 20.1. The Balaban J connectivity index is 1.11. The Kier molecular flexibility index (Phi) is 6.60. The van der Waals surface area contributed by atoms with Crippen LogP contribution in [0, 0.1) is 0 Å². The van der Waals surface area contributed by atoms with E-state index in [4.69, 9.17) is 19.9 Å². The van der Waals surface area contributed by atoms with E-state index in [2.05, 4.69) is 132 Å². The highest BCUT2D eigenvalue weighted by atomic mass is 32.1. The summed E-state index contributed by atoms with van der Waals surface area (Å²) in [7, 11) is 0. The van der Waals surface area contributed by atoms with Crippen molar-refractivity contribution in [1.29, 1.82) is 0 Å². The normalized spacial score (nSPS) is 11.6. The quantitative estimate of drug-likeness (QED) is 0.185. The van der Waals surface area contributed by atoms with E-state index in [1.807, 2.05) is 36.4 Å². The van der Waals surface area contributed by atoms with Gasteiger partial charge in [0.2, 0.25) is 0 Å². The van der Waals surface area contributed by atoms with Crippen LogP contribution >= 0.6 is 11.3 Å². The SMILES string of the molecule is c1ccc(-c2ccc(-c3nc(-c4ccccc4)nc(-c4ccc(-c5cc6c7ccccc7sc6c6nc7ccccc7n56)cc4)n3)cc2)cc1. The number of benzene rings is 6. The van der Waals surface area contributed by atoms with Crippen LogP contribution in [0.15, 0.2) is 164 Å². The fourth-order valence-corrected chi connectivity index (χ4v) is 7.96. The molecule has 0 aliphatic heterocycles. The lowest BCUT2D eigenvalue weighted by molar-refractivity contribution is 1.07. The van der Waals surface area contributed by atoms with Crippen LogP contribution in [-0.4, -0.2) is 24.3 Å². The smallest absolute Gasteiger partial charge is 0.164 e. The summed E-state index contributed by atoms with van der Waals surface area (Å²) in [6.45, 7) is 0. The second-order valence-electron chi connectivity index (χ2n) is 12.3. The van der Waals surface area contributed by atoms with Gasteiger partial charge in [-0.25, -0.2) is 19.9 Å². The van der Waals surface area contributed by atoms with Gasteiger partial charge in [0, 0.05) is 32.2 Å². The summed E-state index contributed by atoms with van der Waals surface area (Å²) in [5.41, 5.74) is 10.4. The van der Waals surface area contributed by atoms with E-state index in [9.17, 15) is 0 Å². The highest BCUT2D eigenvalue weighted by Gasteiger charge is 2.18. The lowest BCUT2D eigenvalue weighted by Crippen LogP contribution is -2.00. The van der Waals surface area contributed by atoms with Gasteiger partial charge in [-0.05, 0) is 41.0 Å². The zero-order valence-corrected chi connectivity index (χ0v) is 27.5. The first-order valence-corrected chi connectivity index (χ1v) is 17.4. The Morgan fingerprint density at radius 3 is 1.58 bits per heavy atom. The number of nitrogens with zero attached hydrogens (tertiary/aromatic N) is 5. The second kappa shape index (κ2) is 11.6. The third-order valence-electron chi connectivity index (χ3n) is 9.28. The standard InChI is InChI=1S/C44H27N5S/c1-3-11-28(12-4-1)29-19-23-32(24-20-29)42-46-41(31-13-5-2-6-14-31)47-43(48-42)33-25-21-30(22-26-33)38-27-35-34-15-7-10-18-39(34)50-40(35)44-45-36-16-8-9-17-37(36)49(38)44/h1-27H. The maximum Gasteiger partial charge on any atom is 0.164 e. The predicted molar refractivity (Wildman–Crippen MR) is 206 cm³/mol. The van der Waals surface area contributed by atoms with Crippen molar-refractivity contribution >= 4 is 48.2 Å². The molecule has 4 heterocycles. The summed E-state index contributed by atoms with van der Waals surface area (Å²) >= 11 is 1.80. The van der Waals surface area contributed by atoms with Crippen LogP contribution < -0.4 is 0 Å². The Morgan fingerprint density at radius 1 is 0.400 bits per heavy atom. The number of hydrogen-bond acceptors (Lipinski definition) is 5. The van der Waals surface area contributed by atoms with E-state index in [1.165, 1.54) is 25.7 Å². The Hall–Kier alpha value is -6.50. The van der Waals surface area contributed by atoms with Crippen molar-refractivity contribution in [2.45, 2.75) is 0 Å². The molecule has 0 amide bonds. The van der Waals surface area contributed by atoms with Crippen molar-refractivity contribution in [3.8, 4) is 56.5 Å². The highest BCUT2D eigenvalue weighted by Crippen LogP contribution is 2.40. The molecule has 0 aliphatic carbocycles. The summed E-state index contributed by atoms with van der Waals surface area (Å²) in [5, 5.41) is 2.48. The monoisotopic (exact) mass is 657 g/mol. The van der Waals surface area contributed by atoms with E-state index in [0.29, 0.717) is 17.5 Å². The van der Waals surface area contributed by atoms with Gasteiger partial charge in [-0.1, -0.05) is 140 Å². The molecule has 5 nitrogen and oxygen atoms in total. The van der Waals surface area contributed by atoms with E-state index in [0.717, 1.165) is 50.2 Å². The molecule has 0 spiro atoms. The van der Waals surface area contributed by atoms with Crippen LogP contribution in [-0.2, 0) is 0 Å². The number of pyridine rings is 1. The number of thiophene rings is 1. The summed E-state index contributed by atoms with van der Waals surface area (Å²) < 4.78 is 4.76. The molecular weight excluding hydrogens is 631 g/mol. The maximum absolute atomic E-state index is 5.14. The van der Waals surface area contributed by atoms with Gasteiger partial charge in [-0.15, -0.1) is 11.3 Å². The van der Waals surface area contributed by atoms with E-state index >= 15 is 0 Å². The van der Waals surface area contributed by atoms with Crippen molar-refractivity contribution in [2.75, 3.05) is 0 Å². The van der Waals surface area contributed by atoms with Crippen LogP contribution in [0.5, 0.6) is 0 Å². The van der Waals surface area contributed by atoms with Crippen molar-refractivity contribution in [3.05, 3.63) is 164 Å². The number of para-hydroxylation sites is 2. The van der Waals surface area contributed by atoms with Gasteiger partial charge in [0.15, 0.2) is 23.1 Å². The third kappa shape index (κ3) is 4.77. The fourth-order valence-electron chi connectivity index (χ4n) is 6.79. The van der Waals surface area contributed by atoms with Crippen LogP contribution in [0.4, 0.5) is 0 Å². The third-order valence-corrected chi connectivity index (χ3v) is 10.5. The number of aromatic nitrogens is 5. The van der Waals surface area contributed by atoms with Gasteiger partial charge in [0.25, 0.3) is 0 Å². The zero-order chi connectivity index (χ0) is 33.0. The molecule has 6 heteroatoms. The van der Waals surface area contributed by atoms with Crippen LogP contribution in [0.3, 0.4) is 0 Å². The lowest BCUT2D eigenvalue weighted by Gasteiger charge is -2.11. The molecule has 10 rings (SSSR count). The van der Waals surface area contributed by atoms with Crippen molar-refractivity contribution < 1.29 is 0 Å². The van der Waals surface area contributed by atoms with Gasteiger partial charge in [-0.3, -0.25) is 4.40 Å². The minimum atomic E-state index is 0.630. The molecule has 50 heavy (non-hydrogen) atoms. The molecule has 4 aromatic heterocycles. The summed E-state index contributed by atoms with van der Waals surface area (Å²) in [6.07, 6.45) is 0. The maximum atomic E-state index is 5.14. The Morgan fingerprint density at radius 2 is 0.900 bits per heavy atom. The van der Waals surface area contributed by atoms with Gasteiger partial charge >= 0.3 is 0 Å². The van der Waals surface area contributed by atoms with Crippen molar-refractivity contribution in [2.24, 2.45) is 0 Å². The molecule has 6 aromatic carbocycles. The summed E-state index contributed by atoms with van der Waals surface area (Å²) in [5.74, 6) is 1.91. The molecule has 0 atom stereocenters. The second-order valence-corrected chi connectivity index (χ2v) is 13.4. The number of fused-ring (bicyclic) bond motifs is 7. The molecule has 0 unspecified atom stereocenters. The molecule has 10 aromatic rings. The molecule has 0 radical (unpaired) electrons. The molecule has 0 saturated heterocycles. The van der Waals surface area contributed by atoms with Gasteiger partial charge < -0.3 is 0 Å². The average Bonchev–Trinajstić information content (AvgIpc) is 3.77. The molecule has 0 aliphatic rings. The fraction of sp³-hybridized carbons (Fsp3) is 0. The molecule has 0 saturated carbocycles. The zero-order valence-electron chi connectivity index (χ0n) is 26.7. The van der Waals surface area contributed by atoms with Gasteiger partial charge in [0.1, 0.15) is 0 Å². The molecule has 0 fully saturated rings. The van der Waals surface area contributed by atoms with E-state index < -0.39 is 0 Å². The molecular formula is C44H27N5S. The first-order valence-electron chi connectivity index (χ1n) is 16.6. The van der Waals surface area contributed by atoms with Crippen molar-refractivity contribution in [3.63, 3.8) is 0 Å². The summed E-state index contributed by atoms with van der Waals surface area (Å²) in [6, 6.07) is 56.8. The van der Waals surface area contributed by atoms with Crippen LogP contribution in [0.25, 0.3) is 93.4 Å². The number of rotatable bonds is 5. The highest BCUT2D eigenvalue weighted by molar-refractivity contribution is 7.26.